The summed E-state index contributed by atoms with van der Waals surface area (Å²) in [5.74, 6) is -2.00. The first-order valence-electron chi connectivity index (χ1n) is 10.1. The van der Waals surface area contributed by atoms with Crippen molar-refractivity contribution < 1.29 is 43.7 Å². The van der Waals surface area contributed by atoms with Crippen LogP contribution in [0.15, 0.2) is 42.5 Å². The van der Waals surface area contributed by atoms with Crippen molar-refractivity contribution in [3.8, 4) is 0 Å². The lowest BCUT2D eigenvalue weighted by Gasteiger charge is -2.42. The Bertz CT molecular complexity index is 1060. The second-order valence-corrected chi connectivity index (χ2v) is 7.91. The van der Waals surface area contributed by atoms with Gasteiger partial charge in [0.15, 0.2) is 18.5 Å². The number of aryl methyl sites for hydroxylation is 1. The number of benzene rings is 2. The van der Waals surface area contributed by atoms with Crippen LogP contribution in [0.5, 0.6) is 0 Å². The van der Waals surface area contributed by atoms with E-state index in [9.17, 15) is 29.9 Å². The Morgan fingerprint density at radius 3 is 2.35 bits per heavy atom. The number of aliphatic hydroxyl groups is 2. The number of esters is 2. The van der Waals surface area contributed by atoms with Crippen molar-refractivity contribution in [1.82, 2.24) is 0 Å². The number of rotatable bonds is 7. The molecule has 2 aromatic carbocycles. The fourth-order valence-electron chi connectivity index (χ4n) is 3.39. The molecule has 0 aliphatic carbocycles. The van der Waals surface area contributed by atoms with E-state index in [0.29, 0.717) is 0 Å². The minimum atomic E-state index is -1.61. The standard InChI is InChI=1S/C22H22ClNO10/c1-11-3-5-12(6-4-11)20(27)33-18-17(26)16(10-25)32-22(31-2)19(18)34-21(28)14-8-7-13(23)9-15(14)24(29)30/h3-9,16-19,22,25-26H,10H2,1-2H3/t16?,17-,18-,19?,22+/m0/s1. The van der Waals surface area contributed by atoms with Crippen molar-refractivity contribution in [2.75, 3.05) is 13.7 Å². The summed E-state index contributed by atoms with van der Waals surface area (Å²) in [7, 11) is 1.21. The highest BCUT2D eigenvalue weighted by molar-refractivity contribution is 6.31. The molecule has 2 aromatic rings. The van der Waals surface area contributed by atoms with E-state index in [1.54, 1.807) is 12.1 Å². The third-order valence-electron chi connectivity index (χ3n) is 5.18. The second kappa shape index (κ2) is 10.9. The molecule has 1 aliphatic heterocycles. The van der Waals surface area contributed by atoms with Crippen molar-refractivity contribution in [1.29, 1.82) is 0 Å². The van der Waals surface area contributed by atoms with Gasteiger partial charge in [0.25, 0.3) is 5.69 Å². The summed E-state index contributed by atoms with van der Waals surface area (Å²) in [4.78, 5) is 36.1. The van der Waals surface area contributed by atoms with Gasteiger partial charge < -0.3 is 29.2 Å². The number of hydrogen-bond acceptors (Lipinski definition) is 10. The number of methoxy groups -OCH3 is 1. The van der Waals surface area contributed by atoms with Crippen molar-refractivity contribution in [3.63, 3.8) is 0 Å². The molecule has 1 fully saturated rings. The molecule has 3 rings (SSSR count). The molecule has 12 heteroatoms. The van der Waals surface area contributed by atoms with Gasteiger partial charge in [-0.3, -0.25) is 10.1 Å². The Morgan fingerprint density at radius 2 is 1.76 bits per heavy atom. The van der Waals surface area contributed by atoms with E-state index in [4.69, 9.17) is 30.5 Å². The number of halogens is 1. The summed E-state index contributed by atoms with van der Waals surface area (Å²) in [6.45, 7) is 1.18. The zero-order chi connectivity index (χ0) is 25.0. The molecule has 0 bridgehead atoms. The smallest absolute Gasteiger partial charge is 0.345 e. The normalized spacial score (nSPS) is 24.3. The Hall–Kier alpha value is -3.09. The van der Waals surface area contributed by atoms with E-state index in [1.807, 2.05) is 6.92 Å². The molecule has 1 aliphatic rings. The average Bonchev–Trinajstić information content (AvgIpc) is 2.81. The lowest BCUT2D eigenvalue weighted by molar-refractivity contribution is -0.385. The maximum absolute atomic E-state index is 12.9. The van der Waals surface area contributed by atoms with Crippen molar-refractivity contribution >= 4 is 29.2 Å². The summed E-state index contributed by atoms with van der Waals surface area (Å²) in [6, 6.07) is 9.74. The molecule has 0 aromatic heterocycles. The maximum atomic E-state index is 12.9. The van der Waals surface area contributed by atoms with Crippen molar-refractivity contribution in [3.05, 3.63) is 74.3 Å². The lowest BCUT2D eigenvalue weighted by atomic mass is 9.98. The molecule has 2 unspecified atom stereocenters. The van der Waals surface area contributed by atoms with Gasteiger partial charge in [-0.05, 0) is 31.2 Å². The Morgan fingerprint density at radius 1 is 1.12 bits per heavy atom. The molecule has 5 atom stereocenters. The largest absolute Gasteiger partial charge is 0.452 e. The summed E-state index contributed by atoms with van der Waals surface area (Å²) in [5, 5.41) is 31.6. The third-order valence-corrected chi connectivity index (χ3v) is 5.42. The van der Waals surface area contributed by atoms with Gasteiger partial charge in [0.1, 0.15) is 17.8 Å². The predicted octanol–water partition coefficient (Wildman–Crippen LogP) is 2.03. The fraction of sp³-hybridized carbons (Fsp3) is 0.364. The zero-order valence-electron chi connectivity index (χ0n) is 18.1. The summed E-state index contributed by atoms with van der Waals surface area (Å²) >= 11 is 5.79. The summed E-state index contributed by atoms with van der Waals surface area (Å²) in [5.41, 5.74) is 0.0350. The molecular weight excluding hydrogens is 474 g/mol. The Balaban J connectivity index is 1.92. The molecule has 0 radical (unpaired) electrons. The van der Waals surface area contributed by atoms with Crippen LogP contribution in [-0.4, -0.2) is 71.5 Å². The number of carbonyl (C=O) groups is 2. The van der Waals surface area contributed by atoms with E-state index in [2.05, 4.69) is 0 Å². The van der Waals surface area contributed by atoms with Gasteiger partial charge in [0.05, 0.1) is 17.1 Å². The summed E-state index contributed by atoms with van der Waals surface area (Å²) < 4.78 is 21.4. The van der Waals surface area contributed by atoms with E-state index in [-0.39, 0.29) is 10.6 Å². The summed E-state index contributed by atoms with van der Waals surface area (Å²) in [6.07, 6.45) is -7.25. The van der Waals surface area contributed by atoms with Crippen LogP contribution in [0.25, 0.3) is 0 Å². The fourth-order valence-corrected chi connectivity index (χ4v) is 3.55. The Kier molecular flexibility index (Phi) is 8.18. The first-order chi connectivity index (χ1) is 16.2. The van der Waals surface area contributed by atoms with Crippen molar-refractivity contribution in [2.24, 2.45) is 0 Å². The van der Waals surface area contributed by atoms with Gasteiger partial charge in [-0.25, -0.2) is 9.59 Å². The number of nitrogens with zero attached hydrogens (tertiary/aromatic N) is 1. The van der Waals surface area contributed by atoms with Gasteiger partial charge in [-0.15, -0.1) is 0 Å². The molecule has 0 saturated carbocycles. The van der Waals surface area contributed by atoms with Crippen LogP contribution >= 0.6 is 11.6 Å². The van der Waals surface area contributed by atoms with E-state index < -0.39 is 65.4 Å². The molecule has 0 spiro atoms. The predicted molar refractivity (Wildman–Crippen MR) is 116 cm³/mol. The molecule has 0 amide bonds. The first-order valence-corrected chi connectivity index (χ1v) is 10.4. The molecule has 34 heavy (non-hydrogen) atoms. The minimum Gasteiger partial charge on any atom is -0.452 e. The number of ether oxygens (including phenoxy) is 4. The molecule has 1 saturated heterocycles. The number of hydrogen-bond donors (Lipinski definition) is 2. The molecule has 182 valence electrons. The minimum absolute atomic E-state index is 0.0325. The molecule has 2 N–H and O–H groups in total. The maximum Gasteiger partial charge on any atom is 0.345 e. The number of nitro groups is 1. The van der Waals surface area contributed by atoms with Crippen molar-refractivity contribution in [2.45, 2.75) is 37.6 Å². The van der Waals surface area contributed by atoms with E-state index >= 15 is 0 Å². The van der Waals surface area contributed by atoms with Crippen LogP contribution in [-0.2, 0) is 18.9 Å². The van der Waals surface area contributed by atoms with Gasteiger partial charge in [0, 0.05) is 18.2 Å². The average molecular weight is 496 g/mol. The Labute approximate surface area is 198 Å². The quantitative estimate of drug-likeness (QED) is 0.331. The molecule has 1 heterocycles. The monoisotopic (exact) mass is 495 g/mol. The first kappa shape index (κ1) is 25.5. The lowest BCUT2D eigenvalue weighted by Crippen LogP contribution is -2.61. The molecular formula is C22H22ClNO10. The third kappa shape index (κ3) is 5.51. The van der Waals surface area contributed by atoms with E-state index in [1.165, 1.54) is 25.3 Å². The van der Waals surface area contributed by atoms with Crippen LogP contribution < -0.4 is 0 Å². The number of aliphatic hydroxyl groups excluding tert-OH is 2. The number of carbonyl (C=O) groups excluding carboxylic acids is 2. The molecule has 11 nitrogen and oxygen atoms in total. The van der Waals surface area contributed by atoms with Crippen LogP contribution in [0.4, 0.5) is 5.69 Å². The zero-order valence-corrected chi connectivity index (χ0v) is 18.9. The second-order valence-electron chi connectivity index (χ2n) is 7.48. The van der Waals surface area contributed by atoms with Crippen LogP contribution in [0.1, 0.15) is 26.3 Å². The van der Waals surface area contributed by atoms with Gasteiger partial charge in [0.2, 0.25) is 0 Å². The SMILES string of the molecule is CO[C@@H]1OC(CO)[C@H](O)[C@H](OC(=O)c2ccc(C)cc2)C1OC(=O)c1ccc(Cl)cc1[N+](=O)[O-]. The van der Waals surface area contributed by atoms with Gasteiger partial charge >= 0.3 is 11.9 Å². The van der Waals surface area contributed by atoms with Gasteiger partial charge in [-0.2, -0.15) is 0 Å². The van der Waals surface area contributed by atoms with Crippen LogP contribution in [0, 0.1) is 17.0 Å². The van der Waals surface area contributed by atoms with Gasteiger partial charge in [-0.1, -0.05) is 29.3 Å². The topological polar surface area (TPSA) is 155 Å². The highest BCUT2D eigenvalue weighted by atomic mass is 35.5. The van der Waals surface area contributed by atoms with Crippen LogP contribution in [0.2, 0.25) is 5.02 Å². The highest BCUT2D eigenvalue weighted by Crippen LogP contribution is 2.30. The van der Waals surface area contributed by atoms with Crippen LogP contribution in [0.3, 0.4) is 0 Å². The number of nitro benzene ring substituents is 1. The van der Waals surface area contributed by atoms with E-state index in [0.717, 1.165) is 17.7 Å². The highest BCUT2D eigenvalue weighted by Gasteiger charge is 2.50.